The number of hydrogen-bond donors (Lipinski definition) is 0. The largest absolute Gasteiger partial charge is 0.373 e. The van der Waals surface area contributed by atoms with Gasteiger partial charge in [-0.25, -0.2) is 0 Å². The third-order valence-electron chi connectivity index (χ3n) is 4.36. The zero-order chi connectivity index (χ0) is 16.7. The highest BCUT2D eigenvalue weighted by atomic mass is 16.8. The van der Waals surface area contributed by atoms with Crippen LogP contribution >= 0.6 is 0 Å². The molecule has 0 N–H and O–H groups in total. The molecule has 3 aliphatic heterocycles. The third-order valence-corrected chi connectivity index (χ3v) is 4.36. The Balaban J connectivity index is 1.73. The van der Waals surface area contributed by atoms with Gasteiger partial charge in [-0.2, -0.15) is 0 Å². The normalized spacial score (nSPS) is 42.4. The third kappa shape index (κ3) is 3.87. The quantitative estimate of drug-likeness (QED) is 0.706. The summed E-state index contributed by atoms with van der Waals surface area (Å²) in [4.78, 5) is 0. The van der Waals surface area contributed by atoms with Gasteiger partial charge in [-0.15, -0.1) is 0 Å². The summed E-state index contributed by atoms with van der Waals surface area (Å²) in [5, 5.41) is 0. The van der Waals surface area contributed by atoms with Crippen LogP contribution in [-0.2, 0) is 33.2 Å². The second-order valence-electron chi connectivity index (χ2n) is 7.17. The fourth-order valence-electron chi connectivity index (χ4n) is 3.47. The van der Waals surface area contributed by atoms with E-state index in [0.29, 0.717) is 13.2 Å². The van der Waals surface area contributed by atoms with Crippen molar-refractivity contribution in [3.8, 4) is 0 Å². The highest BCUT2D eigenvalue weighted by Crippen LogP contribution is 2.39. The van der Waals surface area contributed by atoms with E-state index < -0.39 is 11.6 Å². The van der Waals surface area contributed by atoms with Crippen LogP contribution in [0, 0.1) is 0 Å². The van der Waals surface area contributed by atoms with E-state index in [1.165, 1.54) is 0 Å². The summed E-state index contributed by atoms with van der Waals surface area (Å²) in [6.45, 7) is 8.96. The van der Waals surface area contributed by atoms with Crippen molar-refractivity contribution in [3.05, 3.63) is 0 Å². The van der Waals surface area contributed by atoms with Crippen LogP contribution in [0.3, 0.4) is 0 Å². The first-order chi connectivity index (χ1) is 10.8. The summed E-state index contributed by atoms with van der Waals surface area (Å²) >= 11 is 0. The molecule has 0 aromatic rings. The molecule has 0 aliphatic carbocycles. The zero-order valence-corrected chi connectivity index (χ0v) is 14.6. The maximum atomic E-state index is 6.13. The summed E-state index contributed by atoms with van der Waals surface area (Å²) in [5.74, 6) is -1.29. The molecule has 3 saturated heterocycles. The van der Waals surface area contributed by atoms with E-state index in [-0.39, 0.29) is 37.3 Å². The predicted molar refractivity (Wildman–Crippen MR) is 79.8 cm³/mol. The lowest BCUT2D eigenvalue weighted by molar-refractivity contribution is -0.177. The lowest BCUT2D eigenvalue weighted by Gasteiger charge is -2.29. The molecule has 7 nitrogen and oxygen atoms in total. The summed E-state index contributed by atoms with van der Waals surface area (Å²) < 4.78 is 40.6. The SMILES string of the molecule is COCO[C@@H]1CCO[C@@H]1[C@@H]1OC(C)(C)O[C@@H]1[C@H]1COC(C)(C)O1. The van der Waals surface area contributed by atoms with Gasteiger partial charge < -0.3 is 33.2 Å². The lowest BCUT2D eigenvalue weighted by Crippen LogP contribution is -2.47. The Morgan fingerprint density at radius 3 is 2.35 bits per heavy atom. The fourth-order valence-corrected chi connectivity index (χ4v) is 3.47. The molecule has 3 heterocycles. The average molecular weight is 332 g/mol. The second kappa shape index (κ2) is 6.55. The van der Waals surface area contributed by atoms with Crippen LogP contribution in [-0.4, -0.2) is 69.2 Å². The smallest absolute Gasteiger partial charge is 0.164 e. The number of rotatable bonds is 5. The Morgan fingerprint density at radius 2 is 1.70 bits per heavy atom. The highest BCUT2D eigenvalue weighted by Gasteiger charge is 2.54. The molecule has 0 spiro atoms. The molecule has 0 unspecified atom stereocenters. The molecule has 23 heavy (non-hydrogen) atoms. The van der Waals surface area contributed by atoms with Crippen molar-refractivity contribution in [1.82, 2.24) is 0 Å². The Morgan fingerprint density at radius 1 is 0.957 bits per heavy atom. The monoisotopic (exact) mass is 332 g/mol. The van der Waals surface area contributed by atoms with Crippen molar-refractivity contribution < 1.29 is 33.2 Å². The lowest BCUT2D eigenvalue weighted by atomic mass is 9.99. The zero-order valence-electron chi connectivity index (χ0n) is 14.6. The van der Waals surface area contributed by atoms with E-state index in [1.54, 1.807) is 7.11 Å². The van der Waals surface area contributed by atoms with Gasteiger partial charge in [0, 0.05) is 13.7 Å². The van der Waals surface area contributed by atoms with Gasteiger partial charge in [-0.1, -0.05) is 0 Å². The summed E-state index contributed by atoms with van der Waals surface area (Å²) in [5.41, 5.74) is 0. The first kappa shape index (κ1) is 17.5. The van der Waals surface area contributed by atoms with Gasteiger partial charge in [0.1, 0.15) is 31.2 Å². The molecule has 0 saturated carbocycles. The summed E-state index contributed by atoms with van der Waals surface area (Å²) in [7, 11) is 1.61. The van der Waals surface area contributed by atoms with Gasteiger partial charge >= 0.3 is 0 Å². The topological polar surface area (TPSA) is 64.6 Å². The minimum absolute atomic E-state index is 0.0738. The van der Waals surface area contributed by atoms with Crippen LogP contribution in [0.25, 0.3) is 0 Å². The Hall–Kier alpha value is -0.280. The summed E-state index contributed by atoms with van der Waals surface area (Å²) in [6, 6.07) is 0. The van der Waals surface area contributed by atoms with E-state index in [0.717, 1.165) is 6.42 Å². The van der Waals surface area contributed by atoms with Crippen LogP contribution in [0.15, 0.2) is 0 Å². The van der Waals surface area contributed by atoms with Crippen molar-refractivity contribution in [2.75, 3.05) is 27.1 Å². The minimum Gasteiger partial charge on any atom is -0.373 e. The molecule has 3 aliphatic rings. The molecule has 134 valence electrons. The van der Waals surface area contributed by atoms with E-state index in [2.05, 4.69) is 0 Å². The van der Waals surface area contributed by atoms with Crippen molar-refractivity contribution in [2.24, 2.45) is 0 Å². The molecule has 3 fully saturated rings. The van der Waals surface area contributed by atoms with Gasteiger partial charge in [-0.05, 0) is 34.1 Å². The fraction of sp³-hybridized carbons (Fsp3) is 1.00. The molecule has 0 aromatic heterocycles. The maximum absolute atomic E-state index is 6.13. The molecule has 3 rings (SSSR count). The van der Waals surface area contributed by atoms with Crippen molar-refractivity contribution in [1.29, 1.82) is 0 Å². The van der Waals surface area contributed by atoms with Crippen molar-refractivity contribution in [2.45, 2.75) is 76.2 Å². The van der Waals surface area contributed by atoms with Crippen LogP contribution in [0.4, 0.5) is 0 Å². The maximum Gasteiger partial charge on any atom is 0.164 e. The van der Waals surface area contributed by atoms with Crippen molar-refractivity contribution >= 4 is 0 Å². The highest BCUT2D eigenvalue weighted by molar-refractivity contribution is 4.98. The molecule has 0 aromatic carbocycles. The second-order valence-corrected chi connectivity index (χ2v) is 7.17. The van der Waals surface area contributed by atoms with Gasteiger partial charge in [-0.3, -0.25) is 0 Å². The molecule has 0 radical (unpaired) electrons. The molecule has 0 amide bonds. The van der Waals surface area contributed by atoms with Crippen LogP contribution in [0.5, 0.6) is 0 Å². The minimum atomic E-state index is -0.691. The van der Waals surface area contributed by atoms with E-state index in [4.69, 9.17) is 33.2 Å². The predicted octanol–water partition coefficient (Wildman–Crippen LogP) is 1.44. The molecule has 0 bridgehead atoms. The Kier molecular flexibility index (Phi) is 5.00. The Labute approximate surface area is 137 Å². The van der Waals surface area contributed by atoms with Crippen molar-refractivity contribution in [3.63, 3.8) is 0 Å². The molecular weight excluding hydrogens is 304 g/mol. The standard InChI is InChI=1S/C16H28O7/c1-15(2)20-8-11(21-15)13-14(23-16(3,4)22-13)12-10(6-7-18-12)19-9-17-5/h10-14H,6-9H2,1-5H3/t10-,11-,12+,13-,14+/m1/s1. The first-order valence-electron chi connectivity index (χ1n) is 8.21. The van der Waals surface area contributed by atoms with Crippen LogP contribution in [0.1, 0.15) is 34.1 Å². The Bertz CT molecular complexity index is 411. The van der Waals surface area contributed by atoms with Gasteiger partial charge in [0.05, 0.1) is 12.7 Å². The van der Waals surface area contributed by atoms with E-state index in [1.807, 2.05) is 27.7 Å². The van der Waals surface area contributed by atoms with Crippen LogP contribution in [0.2, 0.25) is 0 Å². The summed E-state index contributed by atoms with van der Waals surface area (Å²) in [6.07, 6.45) is -0.182. The van der Waals surface area contributed by atoms with Crippen LogP contribution < -0.4 is 0 Å². The number of hydrogen-bond acceptors (Lipinski definition) is 7. The van der Waals surface area contributed by atoms with E-state index in [9.17, 15) is 0 Å². The number of methoxy groups -OCH3 is 1. The molecular formula is C16H28O7. The van der Waals surface area contributed by atoms with Gasteiger partial charge in [0.2, 0.25) is 0 Å². The molecule has 5 atom stereocenters. The van der Waals surface area contributed by atoms with Gasteiger partial charge in [0.15, 0.2) is 11.6 Å². The first-order valence-corrected chi connectivity index (χ1v) is 8.21. The number of ether oxygens (including phenoxy) is 7. The van der Waals surface area contributed by atoms with Gasteiger partial charge in [0.25, 0.3) is 0 Å². The average Bonchev–Trinajstić information content (AvgIpc) is 3.13. The van der Waals surface area contributed by atoms with E-state index >= 15 is 0 Å². The molecule has 7 heteroatoms.